The summed E-state index contributed by atoms with van der Waals surface area (Å²) >= 11 is 2.67. The van der Waals surface area contributed by atoms with E-state index in [0.29, 0.717) is 40.4 Å². The number of hydrogen-bond donors (Lipinski definition) is 2. The van der Waals surface area contributed by atoms with E-state index in [1.54, 1.807) is 12.1 Å². The normalized spacial score (nSPS) is 10.8. The summed E-state index contributed by atoms with van der Waals surface area (Å²) in [4.78, 5) is 28.9. The van der Waals surface area contributed by atoms with E-state index in [1.807, 2.05) is 49.6 Å². The monoisotopic (exact) mass is 493 g/mol. The lowest BCUT2D eigenvalue weighted by molar-refractivity contribution is -0.115. The molecule has 2 amide bonds. The molecule has 0 aliphatic carbocycles. The van der Waals surface area contributed by atoms with Gasteiger partial charge in [-0.2, -0.15) is 0 Å². The summed E-state index contributed by atoms with van der Waals surface area (Å²) in [5, 5.41) is 16.5. The molecule has 0 spiro atoms. The van der Waals surface area contributed by atoms with Gasteiger partial charge in [0.05, 0.1) is 12.1 Å². The number of aryl methyl sites for hydroxylation is 2. The van der Waals surface area contributed by atoms with Gasteiger partial charge < -0.3 is 9.73 Å². The molecule has 0 atom stereocenters. The summed E-state index contributed by atoms with van der Waals surface area (Å²) in [6.45, 7) is 4.00. The number of rotatable bonds is 9. The van der Waals surface area contributed by atoms with Crippen molar-refractivity contribution >= 4 is 45.7 Å². The first-order chi connectivity index (χ1) is 16.4. The maximum absolute atomic E-state index is 12.2. The second-order valence-electron chi connectivity index (χ2n) is 7.63. The van der Waals surface area contributed by atoms with Crippen molar-refractivity contribution in [1.82, 2.24) is 15.2 Å². The van der Waals surface area contributed by atoms with E-state index in [9.17, 15) is 9.59 Å². The SMILES string of the molecule is Cc1cc(C)cc(NC(=O)CCSc2nnc(Cc3csc(NC(=O)c4ccccc4)n3)o2)c1. The van der Waals surface area contributed by atoms with Gasteiger partial charge in [-0.1, -0.05) is 36.0 Å². The van der Waals surface area contributed by atoms with Gasteiger partial charge in [0.1, 0.15) is 0 Å². The molecule has 0 bridgehead atoms. The number of nitrogens with zero attached hydrogens (tertiary/aromatic N) is 3. The molecule has 0 fully saturated rings. The molecular formula is C24H23N5O3S2. The maximum Gasteiger partial charge on any atom is 0.276 e. The summed E-state index contributed by atoms with van der Waals surface area (Å²) in [6, 6.07) is 14.9. The van der Waals surface area contributed by atoms with E-state index in [2.05, 4.69) is 31.9 Å². The fraction of sp³-hybridized carbons (Fsp3) is 0.208. The molecule has 0 radical (unpaired) electrons. The molecule has 2 N–H and O–H groups in total. The van der Waals surface area contributed by atoms with E-state index >= 15 is 0 Å². The number of hydrogen-bond acceptors (Lipinski definition) is 8. The number of thiazole rings is 1. The maximum atomic E-state index is 12.2. The van der Waals surface area contributed by atoms with Crippen molar-refractivity contribution in [2.45, 2.75) is 31.9 Å². The Morgan fingerprint density at radius 2 is 1.79 bits per heavy atom. The zero-order valence-electron chi connectivity index (χ0n) is 18.7. The lowest BCUT2D eigenvalue weighted by Gasteiger charge is -2.07. The average molecular weight is 494 g/mol. The van der Waals surface area contributed by atoms with Gasteiger partial charge in [-0.05, 0) is 49.2 Å². The number of amides is 2. The molecule has 8 nitrogen and oxygen atoms in total. The van der Waals surface area contributed by atoms with Crippen molar-refractivity contribution in [3.8, 4) is 0 Å². The summed E-state index contributed by atoms with van der Waals surface area (Å²) in [6.07, 6.45) is 0.685. The van der Waals surface area contributed by atoms with Crippen molar-refractivity contribution < 1.29 is 14.0 Å². The number of anilines is 2. The van der Waals surface area contributed by atoms with Crippen molar-refractivity contribution in [1.29, 1.82) is 0 Å². The summed E-state index contributed by atoms with van der Waals surface area (Å²) < 4.78 is 5.67. The molecule has 174 valence electrons. The standard InChI is InChI=1S/C24H23N5O3S2/c1-15-10-16(2)12-18(11-15)25-20(30)8-9-33-24-29-28-21(32-24)13-19-14-34-23(26-19)27-22(31)17-6-4-3-5-7-17/h3-7,10-12,14H,8-9,13H2,1-2H3,(H,25,30)(H,26,27,31). The van der Waals surface area contributed by atoms with Crippen LogP contribution in [0.2, 0.25) is 0 Å². The Morgan fingerprint density at radius 1 is 1.03 bits per heavy atom. The number of nitrogens with one attached hydrogen (secondary N) is 2. The molecule has 0 saturated heterocycles. The Balaban J connectivity index is 1.23. The van der Waals surface area contributed by atoms with Crippen molar-refractivity contribution in [3.05, 3.63) is 82.2 Å². The zero-order valence-corrected chi connectivity index (χ0v) is 20.3. The van der Waals surface area contributed by atoms with E-state index in [1.165, 1.54) is 23.1 Å². The van der Waals surface area contributed by atoms with Crippen LogP contribution in [0.15, 0.2) is 63.6 Å². The minimum Gasteiger partial charge on any atom is -0.416 e. The highest BCUT2D eigenvalue weighted by Gasteiger charge is 2.13. The second-order valence-corrected chi connectivity index (χ2v) is 9.53. The van der Waals surface area contributed by atoms with Crippen LogP contribution in [-0.2, 0) is 11.2 Å². The average Bonchev–Trinajstić information content (AvgIpc) is 3.43. The number of benzene rings is 2. The van der Waals surface area contributed by atoms with Gasteiger partial charge in [0.25, 0.3) is 11.1 Å². The van der Waals surface area contributed by atoms with E-state index in [4.69, 9.17) is 4.42 Å². The molecule has 10 heteroatoms. The first-order valence-electron chi connectivity index (χ1n) is 10.6. The Labute approximate surface area is 205 Å². The molecule has 2 heterocycles. The van der Waals surface area contributed by atoms with Crippen LogP contribution in [0.4, 0.5) is 10.8 Å². The lowest BCUT2D eigenvalue weighted by atomic mass is 10.1. The van der Waals surface area contributed by atoms with E-state index < -0.39 is 0 Å². The minimum absolute atomic E-state index is 0.0650. The van der Waals surface area contributed by atoms with Crippen LogP contribution in [0, 0.1) is 13.8 Å². The molecule has 4 aromatic rings. The highest BCUT2D eigenvalue weighted by Crippen LogP contribution is 2.22. The molecule has 0 saturated carbocycles. The third-order valence-electron chi connectivity index (χ3n) is 4.65. The van der Waals surface area contributed by atoms with Gasteiger partial charge in [-0.25, -0.2) is 4.98 Å². The number of carbonyl (C=O) groups is 2. The molecule has 2 aromatic carbocycles. The van der Waals surface area contributed by atoms with E-state index in [0.717, 1.165) is 22.5 Å². The highest BCUT2D eigenvalue weighted by atomic mass is 32.2. The summed E-state index contributed by atoms with van der Waals surface area (Å²) in [5.41, 5.74) is 4.31. The van der Waals surface area contributed by atoms with Gasteiger partial charge in [0, 0.05) is 28.8 Å². The smallest absolute Gasteiger partial charge is 0.276 e. The number of thioether (sulfide) groups is 1. The lowest BCUT2D eigenvalue weighted by Crippen LogP contribution is -2.12. The minimum atomic E-state index is -0.209. The van der Waals surface area contributed by atoms with Gasteiger partial charge in [0.2, 0.25) is 11.8 Å². The fourth-order valence-electron chi connectivity index (χ4n) is 3.23. The number of aromatic nitrogens is 3. The third kappa shape index (κ3) is 6.75. The topological polar surface area (TPSA) is 110 Å². The Hall–Kier alpha value is -3.50. The van der Waals surface area contributed by atoms with Crippen LogP contribution in [0.25, 0.3) is 0 Å². The fourth-order valence-corrected chi connectivity index (χ4v) is 4.65. The van der Waals surface area contributed by atoms with Gasteiger partial charge >= 0.3 is 0 Å². The predicted molar refractivity (Wildman–Crippen MR) is 133 cm³/mol. The largest absolute Gasteiger partial charge is 0.416 e. The van der Waals surface area contributed by atoms with Gasteiger partial charge in [-0.15, -0.1) is 21.5 Å². The van der Waals surface area contributed by atoms with Crippen LogP contribution in [0.5, 0.6) is 0 Å². The van der Waals surface area contributed by atoms with Crippen molar-refractivity contribution in [2.75, 3.05) is 16.4 Å². The molecule has 2 aromatic heterocycles. The summed E-state index contributed by atoms with van der Waals surface area (Å²) in [7, 11) is 0. The molecule has 4 rings (SSSR count). The molecule has 0 aliphatic rings. The highest BCUT2D eigenvalue weighted by molar-refractivity contribution is 7.99. The van der Waals surface area contributed by atoms with Crippen LogP contribution >= 0.6 is 23.1 Å². The Kier molecular flexibility index (Phi) is 7.71. The molecule has 0 unspecified atom stereocenters. The molecule has 34 heavy (non-hydrogen) atoms. The van der Waals surface area contributed by atoms with Gasteiger partial charge in [0.15, 0.2) is 5.13 Å². The Morgan fingerprint density at radius 3 is 2.56 bits per heavy atom. The van der Waals surface area contributed by atoms with E-state index in [-0.39, 0.29) is 11.8 Å². The van der Waals surface area contributed by atoms with Crippen LogP contribution in [-0.4, -0.2) is 32.7 Å². The first kappa shape index (κ1) is 23.7. The molecule has 0 aliphatic heterocycles. The van der Waals surface area contributed by atoms with Crippen molar-refractivity contribution in [3.63, 3.8) is 0 Å². The zero-order chi connectivity index (χ0) is 23.9. The van der Waals surface area contributed by atoms with Crippen LogP contribution < -0.4 is 10.6 Å². The second kappa shape index (κ2) is 11.1. The van der Waals surface area contributed by atoms with Crippen molar-refractivity contribution in [2.24, 2.45) is 0 Å². The first-order valence-corrected chi connectivity index (χ1v) is 12.5. The number of carbonyl (C=O) groups excluding carboxylic acids is 2. The predicted octanol–water partition coefficient (Wildman–Crippen LogP) is 5.11. The summed E-state index contributed by atoms with van der Waals surface area (Å²) in [5.74, 6) is 0.669. The molecular weight excluding hydrogens is 470 g/mol. The Bertz CT molecular complexity index is 1270. The quantitative estimate of drug-likeness (QED) is 0.312. The van der Waals surface area contributed by atoms with Gasteiger partial charge in [-0.3, -0.25) is 14.9 Å². The third-order valence-corrected chi connectivity index (χ3v) is 6.28. The van der Waals surface area contributed by atoms with Crippen LogP contribution in [0.3, 0.4) is 0 Å². The van der Waals surface area contributed by atoms with Crippen LogP contribution in [0.1, 0.15) is 39.5 Å².